The SMILES string of the molecule is COc1cc(C=O)cc(Br)c1OC(=O)C(F)(F)F. The molecule has 18 heavy (non-hydrogen) atoms. The third-order valence-corrected chi connectivity index (χ3v) is 2.40. The van der Waals surface area contributed by atoms with Crippen molar-refractivity contribution in [2.24, 2.45) is 0 Å². The van der Waals surface area contributed by atoms with Crippen LogP contribution in [0.5, 0.6) is 11.5 Å². The lowest BCUT2D eigenvalue weighted by Crippen LogP contribution is -2.28. The molecule has 1 aromatic rings. The predicted octanol–water partition coefficient (Wildman–Crippen LogP) is 2.74. The highest BCUT2D eigenvalue weighted by atomic mass is 79.9. The van der Waals surface area contributed by atoms with Gasteiger partial charge in [0.25, 0.3) is 0 Å². The van der Waals surface area contributed by atoms with Crippen molar-refractivity contribution in [1.82, 2.24) is 0 Å². The zero-order valence-corrected chi connectivity index (χ0v) is 10.5. The number of esters is 1. The van der Waals surface area contributed by atoms with Crippen LogP contribution < -0.4 is 9.47 Å². The van der Waals surface area contributed by atoms with Gasteiger partial charge in [0.15, 0.2) is 11.5 Å². The van der Waals surface area contributed by atoms with E-state index in [1.165, 1.54) is 13.2 Å². The quantitative estimate of drug-likeness (QED) is 0.487. The Morgan fingerprint density at radius 3 is 2.44 bits per heavy atom. The number of halogens is 4. The number of carbonyl (C=O) groups excluding carboxylic acids is 2. The Hall–Kier alpha value is -1.57. The van der Waals surface area contributed by atoms with Crippen molar-refractivity contribution in [3.63, 3.8) is 0 Å². The molecule has 0 atom stereocenters. The first-order valence-corrected chi connectivity index (χ1v) is 5.20. The van der Waals surface area contributed by atoms with Gasteiger partial charge in [0.2, 0.25) is 0 Å². The minimum atomic E-state index is -5.12. The fourth-order valence-corrected chi connectivity index (χ4v) is 1.60. The van der Waals surface area contributed by atoms with Crippen molar-refractivity contribution in [3.8, 4) is 11.5 Å². The number of methoxy groups -OCH3 is 1. The molecule has 0 spiro atoms. The Labute approximate surface area is 108 Å². The highest BCUT2D eigenvalue weighted by molar-refractivity contribution is 9.10. The third-order valence-electron chi connectivity index (χ3n) is 1.81. The van der Waals surface area contributed by atoms with Crippen molar-refractivity contribution in [3.05, 3.63) is 22.2 Å². The van der Waals surface area contributed by atoms with Crippen LogP contribution >= 0.6 is 15.9 Å². The number of hydrogen-bond donors (Lipinski definition) is 0. The zero-order valence-electron chi connectivity index (χ0n) is 8.88. The van der Waals surface area contributed by atoms with Gasteiger partial charge in [-0.25, -0.2) is 4.79 Å². The van der Waals surface area contributed by atoms with Crippen molar-refractivity contribution in [2.75, 3.05) is 7.11 Å². The molecule has 0 saturated heterocycles. The molecule has 0 fully saturated rings. The maximum Gasteiger partial charge on any atom is 0.491 e. The average Bonchev–Trinajstić information content (AvgIpc) is 2.29. The van der Waals surface area contributed by atoms with Gasteiger partial charge in [-0.3, -0.25) is 4.79 Å². The molecular weight excluding hydrogens is 321 g/mol. The van der Waals surface area contributed by atoms with Crippen LogP contribution in [0, 0.1) is 0 Å². The summed E-state index contributed by atoms with van der Waals surface area (Å²) in [5.74, 6) is -2.98. The Bertz CT molecular complexity index is 485. The minimum Gasteiger partial charge on any atom is -0.493 e. The van der Waals surface area contributed by atoms with Crippen molar-refractivity contribution >= 4 is 28.2 Å². The highest BCUT2D eigenvalue weighted by Gasteiger charge is 2.42. The molecule has 1 rings (SSSR count). The summed E-state index contributed by atoms with van der Waals surface area (Å²) in [4.78, 5) is 21.3. The summed E-state index contributed by atoms with van der Waals surface area (Å²) >= 11 is 2.89. The molecule has 0 saturated carbocycles. The molecule has 0 aromatic heterocycles. The summed E-state index contributed by atoms with van der Waals surface area (Å²) < 4.78 is 45.1. The van der Waals surface area contributed by atoms with E-state index in [0.29, 0.717) is 6.29 Å². The van der Waals surface area contributed by atoms with Crippen LogP contribution in [0.15, 0.2) is 16.6 Å². The summed E-state index contributed by atoms with van der Waals surface area (Å²) in [7, 11) is 1.17. The van der Waals surface area contributed by atoms with Crippen LogP contribution in [-0.4, -0.2) is 25.5 Å². The Morgan fingerprint density at radius 2 is 2.00 bits per heavy atom. The largest absolute Gasteiger partial charge is 0.493 e. The predicted molar refractivity (Wildman–Crippen MR) is 57.8 cm³/mol. The number of benzene rings is 1. The molecule has 0 N–H and O–H groups in total. The Morgan fingerprint density at radius 1 is 1.39 bits per heavy atom. The van der Waals surface area contributed by atoms with Gasteiger partial charge in [0.05, 0.1) is 11.6 Å². The molecule has 1 aromatic carbocycles. The van der Waals surface area contributed by atoms with E-state index in [1.54, 1.807) is 0 Å². The second-order valence-corrected chi connectivity index (χ2v) is 3.89. The molecule has 0 radical (unpaired) electrons. The molecule has 0 heterocycles. The lowest BCUT2D eigenvalue weighted by atomic mass is 10.2. The third kappa shape index (κ3) is 3.22. The fourth-order valence-electron chi connectivity index (χ4n) is 1.06. The Balaban J connectivity index is 3.16. The first-order valence-electron chi connectivity index (χ1n) is 4.41. The summed E-state index contributed by atoms with van der Waals surface area (Å²) in [6.45, 7) is 0. The van der Waals surface area contributed by atoms with Crippen LogP contribution in [0.3, 0.4) is 0 Å². The molecule has 0 aliphatic heterocycles. The second-order valence-electron chi connectivity index (χ2n) is 3.04. The second kappa shape index (κ2) is 5.38. The van der Waals surface area contributed by atoms with Gasteiger partial charge in [0, 0.05) is 5.56 Å². The molecule has 0 unspecified atom stereocenters. The molecule has 4 nitrogen and oxygen atoms in total. The average molecular weight is 327 g/mol. The lowest BCUT2D eigenvalue weighted by molar-refractivity contribution is -0.189. The normalized spacial score (nSPS) is 10.9. The highest BCUT2D eigenvalue weighted by Crippen LogP contribution is 2.37. The summed E-state index contributed by atoms with van der Waals surface area (Å²) in [5.41, 5.74) is 0.158. The van der Waals surface area contributed by atoms with Crippen LogP contribution in [0.25, 0.3) is 0 Å². The summed E-state index contributed by atoms with van der Waals surface area (Å²) in [6.07, 6.45) is -4.64. The van der Waals surface area contributed by atoms with E-state index >= 15 is 0 Å². The monoisotopic (exact) mass is 326 g/mol. The minimum absolute atomic E-state index is 0.00144. The van der Waals surface area contributed by atoms with Gasteiger partial charge in [0.1, 0.15) is 6.29 Å². The van der Waals surface area contributed by atoms with E-state index in [2.05, 4.69) is 20.7 Å². The van der Waals surface area contributed by atoms with Gasteiger partial charge in [-0.1, -0.05) is 0 Å². The van der Waals surface area contributed by atoms with Crippen LogP contribution in [0.4, 0.5) is 13.2 Å². The van der Waals surface area contributed by atoms with Crippen LogP contribution in [0.2, 0.25) is 0 Å². The topological polar surface area (TPSA) is 52.6 Å². The molecular formula is C10H6BrF3O4. The van der Waals surface area contributed by atoms with Crippen molar-refractivity contribution < 1.29 is 32.2 Å². The first kappa shape index (κ1) is 14.5. The van der Waals surface area contributed by atoms with E-state index in [0.717, 1.165) is 6.07 Å². The number of alkyl halides is 3. The smallest absolute Gasteiger partial charge is 0.491 e. The lowest BCUT2D eigenvalue weighted by Gasteiger charge is -2.12. The van der Waals surface area contributed by atoms with Crippen molar-refractivity contribution in [2.45, 2.75) is 6.18 Å². The zero-order chi connectivity index (χ0) is 13.9. The van der Waals surface area contributed by atoms with E-state index < -0.39 is 17.9 Å². The summed E-state index contributed by atoms with van der Waals surface area (Å²) in [6, 6.07) is 2.35. The number of carbonyl (C=O) groups is 2. The van der Waals surface area contributed by atoms with Gasteiger partial charge >= 0.3 is 12.1 Å². The molecule has 0 bridgehead atoms. The fraction of sp³-hybridized carbons (Fsp3) is 0.200. The number of hydrogen-bond acceptors (Lipinski definition) is 4. The van der Waals surface area contributed by atoms with Crippen LogP contribution in [-0.2, 0) is 4.79 Å². The number of aldehydes is 1. The van der Waals surface area contributed by atoms with Crippen molar-refractivity contribution in [1.29, 1.82) is 0 Å². The standard InChI is InChI=1S/C10H6BrF3O4/c1-17-7-3-5(4-15)2-6(11)8(7)18-9(16)10(12,13)14/h2-4H,1H3. The molecule has 98 valence electrons. The van der Waals surface area contributed by atoms with E-state index in [1.807, 2.05) is 0 Å². The van der Waals surface area contributed by atoms with Gasteiger partial charge in [-0.2, -0.15) is 13.2 Å². The van der Waals surface area contributed by atoms with Gasteiger partial charge < -0.3 is 9.47 Å². The molecule has 0 aliphatic rings. The maximum atomic E-state index is 12.1. The summed E-state index contributed by atoms with van der Waals surface area (Å²) in [5, 5.41) is 0. The number of ether oxygens (including phenoxy) is 2. The first-order chi connectivity index (χ1) is 8.29. The molecule has 8 heteroatoms. The van der Waals surface area contributed by atoms with Crippen LogP contribution in [0.1, 0.15) is 10.4 Å². The maximum absolute atomic E-state index is 12.1. The van der Waals surface area contributed by atoms with Gasteiger partial charge in [-0.15, -0.1) is 0 Å². The molecule has 0 amide bonds. The molecule has 0 aliphatic carbocycles. The van der Waals surface area contributed by atoms with E-state index in [4.69, 9.17) is 4.74 Å². The van der Waals surface area contributed by atoms with E-state index in [-0.39, 0.29) is 15.8 Å². The Kier molecular flexibility index (Phi) is 4.33. The number of rotatable bonds is 3. The van der Waals surface area contributed by atoms with Gasteiger partial charge in [-0.05, 0) is 28.1 Å². The van der Waals surface area contributed by atoms with E-state index in [9.17, 15) is 22.8 Å².